The zero-order valence-electron chi connectivity index (χ0n) is 13.4. The predicted octanol–water partition coefficient (Wildman–Crippen LogP) is 3.26. The molecule has 1 saturated heterocycles. The molecule has 0 atom stereocenters. The first-order valence-corrected chi connectivity index (χ1v) is 7.70. The number of hydrogen-bond acceptors (Lipinski definition) is 4. The van der Waals surface area contributed by atoms with Gasteiger partial charge in [-0.1, -0.05) is 0 Å². The van der Waals surface area contributed by atoms with Gasteiger partial charge in [-0.15, -0.1) is 0 Å². The highest BCUT2D eigenvalue weighted by molar-refractivity contribution is 5.59. The van der Waals surface area contributed by atoms with Gasteiger partial charge in [0.1, 0.15) is 6.07 Å². The predicted molar refractivity (Wildman–Crippen MR) is 82.1 cm³/mol. The fourth-order valence-corrected chi connectivity index (χ4v) is 2.97. The maximum absolute atomic E-state index is 12.4. The van der Waals surface area contributed by atoms with E-state index in [1.165, 1.54) is 4.90 Å². The van der Waals surface area contributed by atoms with E-state index in [1.54, 1.807) is 6.92 Å². The second-order valence-corrected chi connectivity index (χ2v) is 6.10. The Bertz CT molecular complexity index is 584. The number of nitriles is 1. The topological polar surface area (TPSA) is 52.0 Å². The average molecular weight is 326 g/mol. The van der Waals surface area contributed by atoms with Gasteiger partial charge in [-0.3, -0.25) is 9.88 Å². The number of piperidine rings is 1. The van der Waals surface area contributed by atoms with E-state index in [4.69, 9.17) is 0 Å². The van der Waals surface area contributed by atoms with Gasteiger partial charge in [-0.2, -0.15) is 18.4 Å². The molecule has 0 unspecified atom stereocenters. The zero-order valence-corrected chi connectivity index (χ0v) is 13.4. The smallest absolute Gasteiger partial charge is 0.384 e. The lowest BCUT2D eigenvalue weighted by Gasteiger charge is -2.32. The van der Waals surface area contributed by atoms with Crippen molar-refractivity contribution in [1.29, 1.82) is 5.26 Å². The van der Waals surface area contributed by atoms with Crippen LogP contribution in [0.5, 0.6) is 0 Å². The van der Waals surface area contributed by atoms with Gasteiger partial charge in [0.2, 0.25) is 0 Å². The number of aryl methyl sites for hydroxylation is 2. The number of halogens is 3. The van der Waals surface area contributed by atoms with Crippen LogP contribution >= 0.6 is 0 Å². The summed E-state index contributed by atoms with van der Waals surface area (Å²) in [6, 6.07) is 3.99. The Morgan fingerprint density at radius 2 is 2.00 bits per heavy atom. The molecule has 1 fully saturated rings. The van der Waals surface area contributed by atoms with Crippen molar-refractivity contribution in [3.8, 4) is 6.07 Å². The van der Waals surface area contributed by atoms with E-state index in [1.807, 2.05) is 13.0 Å². The summed E-state index contributed by atoms with van der Waals surface area (Å²) >= 11 is 0. The van der Waals surface area contributed by atoms with Gasteiger partial charge >= 0.3 is 6.18 Å². The number of nitrogens with one attached hydrogen (secondary N) is 1. The first-order valence-electron chi connectivity index (χ1n) is 7.70. The van der Waals surface area contributed by atoms with Crippen molar-refractivity contribution < 1.29 is 13.2 Å². The van der Waals surface area contributed by atoms with Crippen LogP contribution in [-0.2, 0) is 0 Å². The Morgan fingerprint density at radius 3 is 2.57 bits per heavy atom. The third-order valence-corrected chi connectivity index (χ3v) is 4.13. The molecule has 4 nitrogen and oxygen atoms in total. The van der Waals surface area contributed by atoms with Gasteiger partial charge in [0.25, 0.3) is 0 Å². The maximum atomic E-state index is 12.4. The quantitative estimate of drug-likeness (QED) is 0.923. The van der Waals surface area contributed by atoms with Crippen LogP contribution in [0.1, 0.15) is 29.8 Å². The maximum Gasteiger partial charge on any atom is 0.401 e. The van der Waals surface area contributed by atoms with Gasteiger partial charge in [0.15, 0.2) is 0 Å². The Kier molecular flexibility index (Phi) is 5.47. The lowest BCUT2D eigenvalue weighted by atomic mass is 9.96. The Labute approximate surface area is 134 Å². The molecule has 126 valence electrons. The number of pyridine rings is 1. The molecular formula is C16H21F3N4. The van der Waals surface area contributed by atoms with Crippen LogP contribution in [0.25, 0.3) is 0 Å². The van der Waals surface area contributed by atoms with Crippen LogP contribution < -0.4 is 5.32 Å². The summed E-state index contributed by atoms with van der Waals surface area (Å²) in [5.74, 6) is 0.319. The van der Waals surface area contributed by atoms with E-state index in [0.717, 1.165) is 24.2 Å². The molecule has 0 amide bonds. The first-order chi connectivity index (χ1) is 10.8. The molecule has 0 aliphatic carbocycles. The van der Waals surface area contributed by atoms with Crippen molar-refractivity contribution in [2.45, 2.75) is 32.9 Å². The molecule has 2 heterocycles. The summed E-state index contributed by atoms with van der Waals surface area (Å²) < 4.78 is 37.1. The van der Waals surface area contributed by atoms with Crippen LogP contribution in [0, 0.1) is 31.1 Å². The van der Waals surface area contributed by atoms with E-state index in [-0.39, 0.29) is 0 Å². The van der Waals surface area contributed by atoms with Gasteiger partial charge < -0.3 is 5.32 Å². The van der Waals surface area contributed by atoms with E-state index in [0.29, 0.717) is 36.8 Å². The molecule has 23 heavy (non-hydrogen) atoms. The largest absolute Gasteiger partial charge is 0.401 e. The lowest BCUT2D eigenvalue weighted by molar-refractivity contribution is -0.148. The molecule has 0 saturated carbocycles. The van der Waals surface area contributed by atoms with Crippen LogP contribution in [0.3, 0.4) is 0 Å². The molecule has 0 radical (unpaired) electrons. The van der Waals surface area contributed by atoms with E-state index in [2.05, 4.69) is 16.4 Å². The molecule has 1 aliphatic heterocycles. The third-order valence-electron chi connectivity index (χ3n) is 4.13. The molecule has 7 heteroatoms. The highest BCUT2D eigenvalue weighted by Crippen LogP contribution is 2.24. The summed E-state index contributed by atoms with van der Waals surface area (Å²) in [6.07, 6.45) is -2.67. The standard InChI is InChI=1S/C16H21F3N4/c1-11-7-15(14(8-20)12(2)22-11)21-9-13-3-5-23(6-4-13)10-16(17,18)19/h7,13H,3-6,9-10H2,1-2H3,(H,21,22). The molecule has 1 N–H and O–H groups in total. The Morgan fingerprint density at radius 1 is 1.35 bits per heavy atom. The number of rotatable bonds is 4. The van der Waals surface area contributed by atoms with Gasteiger partial charge in [0, 0.05) is 12.2 Å². The van der Waals surface area contributed by atoms with Crippen molar-refractivity contribution in [2.75, 3.05) is 31.5 Å². The number of likely N-dealkylation sites (tertiary alicyclic amines) is 1. The van der Waals surface area contributed by atoms with Gasteiger partial charge in [0.05, 0.1) is 23.5 Å². The molecule has 1 aliphatic rings. The Balaban J connectivity index is 1.88. The molecule has 0 bridgehead atoms. The summed E-state index contributed by atoms with van der Waals surface area (Å²) in [5, 5.41) is 12.5. The Hall–Kier alpha value is -1.81. The van der Waals surface area contributed by atoms with E-state index >= 15 is 0 Å². The highest BCUT2D eigenvalue weighted by Gasteiger charge is 2.32. The second kappa shape index (κ2) is 7.18. The summed E-state index contributed by atoms with van der Waals surface area (Å²) in [4.78, 5) is 5.72. The zero-order chi connectivity index (χ0) is 17.0. The van der Waals surface area contributed by atoms with Crippen molar-refractivity contribution in [3.63, 3.8) is 0 Å². The molecule has 0 spiro atoms. The highest BCUT2D eigenvalue weighted by atomic mass is 19.4. The summed E-state index contributed by atoms with van der Waals surface area (Å²) in [7, 11) is 0. The van der Waals surface area contributed by atoms with Crippen molar-refractivity contribution in [3.05, 3.63) is 23.0 Å². The van der Waals surface area contributed by atoms with Crippen molar-refractivity contribution in [1.82, 2.24) is 9.88 Å². The van der Waals surface area contributed by atoms with Gasteiger partial charge in [-0.25, -0.2) is 0 Å². The van der Waals surface area contributed by atoms with E-state index < -0.39 is 12.7 Å². The molecule has 1 aromatic rings. The van der Waals surface area contributed by atoms with Crippen LogP contribution in [0.2, 0.25) is 0 Å². The molecular weight excluding hydrogens is 305 g/mol. The monoisotopic (exact) mass is 326 g/mol. The summed E-state index contributed by atoms with van der Waals surface area (Å²) in [6.45, 7) is 4.43. The van der Waals surface area contributed by atoms with Crippen molar-refractivity contribution in [2.24, 2.45) is 5.92 Å². The van der Waals surface area contributed by atoms with Crippen LogP contribution in [0.4, 0.5) is 18.9 Å². The molecule has 1 aromatic heterocycles. The number of alkyl halides is 3. The minimum Gasteiger partial charge on any atom is -0.384 e. The third kappa shape index (κ3) is 5.10. The van der Waals surface area contributed by atoms with E-state index in [9.17, 15) is 18.4 Å². The second-order valence-electron chi connectivity index (χ2n) is 6.10. The normalized spacial score (nSPS) is 17.0. The summed E-state index contributed by atoms with van der Waals surface area (Å²) in [5.41, 5.74) is 2.82. The fraction of sp³-hybridized carbons (Fsp3) is 0.625. The van der Waals surface area contributed by atoms with Crippen LogP contribution in [-0.4, -0.2) is 42.2 Å². The molecule has 0 aromatic carbocycles. The SMILES string of the molecule is Cc1cc(NCC2CCN(CC(F)(F)F)CC2)c(C#N)c(C)n1. The minimum atomic E-state index is -4.13. The number of hydrogen-bond donors (Lipinski definition) is 1. The van der Waals surface area contributed by atoms with Gasteiger partial charge in [-0.05, 0) is 51.8 Å². The number of anilines is 1. The first kappa shape index (κ1) is 17.5. The van der Waals surface area contributed by atoms with Crippen LogP contribution in [0.15, 0.2) is 6.07 Å². The average Bonchev–Trinajstić information content (AvgIpc) is 2.44. The number of nitrogens with zero attached hydrogens (tertiary/aromatic N) is 3. The lowest BCUT2D eigenvalue weighted by Crippen LogP contribution is -2.41. The number of aromatic nitrogens is 1. The van der Waals surface area contributed by atoms with Crippen molar-refractivity contribution >= 4 is 5.69 Å². The molecule has 2 rings (SSSR count). The minimum absolute atomic E-state index is 0.319. The fourth-order valence-electron chi connectivity index (χ4n) is 2.97.